The number of anilines is 1. The number of aryl methyl sites for hydroxylation is 1. The SMILES string of the molecule is Cc1nnc(-c2c[nH]c(=O)[nH]c2=O)cc1N1CCC(Oc2ccccn2)C1. The molecule has 138 valence electrons. The maximum atomic E-state index is 12.0. The summed E-state index contributed by atoms with van der Waals surface area (Å²) in [6.07, 6.45) is 3.92. The van der Waals surface area contributed by atoms with Gasteiger partial charge >= 0.3 is 5.69 Å². The molecule has 4 rings (SSSR count). The standard InChI is InChI=1S/C18H18N6O3/c1-11-15(8-14(23-22-11)13-9-20-18(26)21-17(13)25)24-7-5-12(10-24)27-16-4-2-3-6-19-16/h2-4,6,8-9,12H,5,7,10H2,1H3,(H2,20,21,25,26). The summed E-state index contributed by atoms with van der Waals surface area (Å²) in [6, 6.07) is 7.39. The van der Waals surface area contributed by atoms with Crippen LogP contribution < -0.4 is 20.9 Å². The lowest BCUT2D eigenvalue weighted by Gasteiger charge is -2.20. The number of H-pyrrole nitrogens is 2. The molecule has 3 aromatic heterocycles. The molecule has 4 heterocycles. The molecule has 1 unspecified atom stereocenters. The van der Waals surface area contributed by atoms with E-state index in [1.807, 2.05) is 31.2 Å². The molecule has 0 amide bonds. The van der Waals surface area contributed by atoms with Gasteiger partial charge in [-0.3, -0.25) is 9.78 Å². The summed E-state index contributed by atoms with van der Waals surface area (Å²) < 4.78 is 5.93. The lowest BCUT2D eigenvalue weighted by Crippen LogP contribution is -2.26. The van der Waals surface area contributed by atoms with Crippen LogP contribution in [0.25, 0.3) is 11.3 Å². The second kappa shape index (κ2) is 7.02. The second-order valence-electron chi connectivity index (χ2n) is 6.33. The first-order valence-electron chi connectivity index (χ1n) is 8.59. The molecule has 3 aromatic rings. The number of ether oxygens (including phenoxy) is 1. The van der Waals surface area contributed by atoms with E-state index < -0.39 is 11.2 Å². The molecular formula is C18H18N6O3. The van der Waals surface area contributed by atoms with E-state index in [1.54, 1.807) is 6.20 Å². The van der Waals surface area contributed by atoms with Crippen molar-refractivity contribution < 1.29 is 4.74 Å². The summed E-state index contributed by atoms with van der Waals surface area (Å²) in [5, 5.41) is 8.28. The van der Waals surface area contributed by atoms with Crippen molar-refractivity contribution in [3.63, 3.8) is 0 Å². The number of hydrogen-bond acceptors (Lipinski definition) is 7. The van der Waals surface area contributed by atoms with Crippen LogP contribution in [0.1, 0.15) is 12.1 Å². The maximum absolute atomic E-state index is 12.0. The van der Waals surface area contributed by atoms with E-state index in [9.17, 15) is 9.59 Å². The Morgan fingerprint density at radius 2 is 2.15 bits per heavy atom. The number of nitrogens with one attached hydrogen (secondary N) is 2. The van der Waals surface area contributed by atoms with Gasteiger partial charge in [0.1, 0.15) is 11.8 Å². The Labute approximate surface area is 154 Å². The van der Waals surface area contributed by atoms with Crippen LogP contribution in [-0.4, -0.2) is 44.3 Å². The van der Waals surface area contributed by atoms with Crippen molar-refractivity contribution in [2.75, 3.05) is 18.0 Å². The van der Waals surface area contributed by atoms with Gasteiger partial charge in [0.05, 0.1) is 23.5 Å². The highest BCUT2D eigenvalue weighted by atomic mass is 16.5. The van der Waals surface area contributed by atoms with Gasteiger partial charge in [0.2, 0.25) is 5.88 Å². The van der Waals surface area contributed by atoms with Crippen LogP contribution in [0.5, 0.6) is 5.88 Å². The maximum Gasteiger partial charge on any atom is 0.325 e. The average molecular weight is 366 g/mol. The third kappa shape index (κ3) is 3.57. The minimum atomic E-state index is -0.557. The van der Waals surface area contributed by atoms with Crippen LogP contribution in [0.2, 0.25) is 0 Å². The molecule has 0 aliphatic carbocycles. The molecule has 1 aliphatic rings. The Bertz CT molecular complexity index is 1060. The third-order valence-corrected chi connectivity index (χ3v) is 4.46. The van der Waals surface area contributed by atoms with Crippen molar-refractivity contribution in [1.82, 2.24) is 25.1 Å². The molecule has 0 radical (unpaired) electrons. The van der Waals surface area contributed by atoms with Gasteiger partial charge in [-0.1, -0.05) is 6.07 Å². The molecule has 2 N–H and O–H groups in total. The normalized spacial score (nSPS) is 16.5. The zero-order chi connectivity index (χ0) is 18.8. The molecule has 1 atom stereocenters. The van der Waals surface area contributed by atoms with Gasteiger partial charge in [0, 0.05) is 31.4 Å². The van der Waals surface area contributed by atoms with Crippen LogP contribution >= 0.6 is 0 Å². The summed E-state index contributed by atoms with van der Waals surface area (Å²) in [6.45, 7) is 3.35. The molecule has 1 aliphatic heterocycles. The van der Waals surface area contributed by atoms with Gasteiger partial charge in [-0.05, 0) is 19.1 Å². The molecule has 27 heavy (non-hydrogen) atoms. The molecule has 1 saturated heterocycles. The highest BCUT2D eigenvalue weighted by molar-refractivity contribution is 5.64. The van der Waals surface area contributed by atoms with Crippen LogP contribution in [0, 0.1) is 6.92 Å². The van der Waals surface area contributed by atoms with Gasteiger partial charge in [-0.15, -0.1) is 5.10 Å². The van der Waals surface area contributed by atoms with Gasteiger partial charge in [0.15, 0.2) is 0 Å². The number of rotatable bonds is 4. The lowest BCUT2D eigenvalue weighted by molar-refractivity contribution is 0.216. The second-order valence-corrected chi connectivity index (χ2v) is 6.33. The molecule has 0 aromatic carbocycles. The number of aromatic amines is 2. The summed E-state index contributed by atoms with van der Waals surface area (Å²) in [5.41, 5.74) is 1.26. The summed E-state index contributed by atoms with van der Waals surface area (Å²) in [7, 11) is 0. The summed E-state index contributed by atoms with van der Waals surface area (Å²) in [5.74, 6) is 0.606. The highest BCUT2D eigenvalue weighted by Crippen LogP contribution is 2.27. The minimum absolute atomic E-state index is 0.0207. The monoisotopic (exact) mass is 366 g/mol. The van der Waals surface area contributed by atoms with E-state index in [2.05, 4.69) is 30.0 Å². The first kappa shape index (κ1) is 17.0. The van der Waals surface area contributed by atoms with Crippen molar-refractivity contribution in [3.05, 3.63) is 63.2 Å². The van der Waals surface area contributed by atoms with Gasteiger partial charge in [0.25, 0.3) is 5.56 Å². The predicted molar refractivity (Wildman–Crippen MR) is 98.9 cm³/mol. The summed E-state index contributed by atoms with van der Waals surface area (Å²) in [4.78, 5) is 34.3. The Kier molecular flexibility index (Phi) is 4.41. The largest absolute Gasteiger partial charge is 0.472 e. The Balaban J connectivity index is 1.57. The first-order chi connectivity index (χ1) is 13.1. The number of aromatic nitrogens is 5. The quantitative estimate of drug-likeness (QED) is 0.704. The third-order valence-electron chi connectivity index (χ3n) is 4.46. The van der Waals surface area contributed by atoms with Crippen LogP contribution in [0.4, 0.5) is 5.69 Å². The smallest absolute Gasteiger partial charge is 0.325 e. The zero-order valence-corrected chi connectivity index (χ0v) is 14.7. The van der Waals surface area contributed by atoms with Crippen LogP contribution in [-0.2, 0) is 0 Å². The van der Waals surface area contributed by atoms with E-state index in [-0.39, 0.29) is 11.7 Å². The van der Waals surface area contributed by atoms with Crippen molar-refractivity contribution in [2.24, 2.45) is 0 Å². The minimum Gasteiger partial charge on any atom is -0.472 e. The van der Waals surface area contributed by atoms with E-state index >= 15 is 0 Å². The van der Waals surface area contributed by atoms with E-state index in [4.69, 9.17) is 4.74 Å². The Morgan fingerprint density at radius 1 is 1.26 bits per heavy atom. The van der Waals surface area contributed by atoms with Crippen molar-refractivity contribution in [3.8, 4) is 17.1 Å². The van der Waals surface area contributed by atoms with Gasteiger partial charge in [-0.2, -0.15) is 5.10 Å². The van der Waals surface area contributed by atoms with Crippen molar-refractivity contribution >= 4 is 5.69 Å². The van der Waals surface area contributed by atoms with E-state index in [1.165, 1.54) is 6.20 Å². The van der Waals surface area contributed by atoms with Crippen molar-refractivity contribution in [1.29, 1.82) is 0 Å². The average Bonchev–Trinajstić information content (AvgIpc) is 3.11. The fourth-order valence-electron chi connectivity index (χ4n) is 3.13. The highest BCUT2D eigenvalue weighted by Gasteiger charge is 2.26. The van der Waals surface area contributed by atoms with E-state index in [0.717, 1.165) is 24.3 Å². The van der Waals surface area contributed by atoms with E-state index in [0.29, 0.717) is 18.1 Å². The number of pyridine rings is 1. The summed E-state index contributed by atoms with van der Waals surface area (Å²) >= 11 is 0. The van der Waals surface area contributed by atoms with Crippen molar-refractivity contribution in [2.45, 2.75) is 19.4 Å². The molecule has 0 saturated carbocycles. The van der Waals surface area contributed by atoms with Gasteiger partial charge < -0.3 is 14.6 Å². The molecule has 9 nitrogen and oxygen atoms in total. The number of hydrogen-bond donors (Lipinski definition) is 2. The molecule has 0 bridgehead atoms. The first-order valence-corrected chi connectivity index (χ1v) is 8.59. The topological polar surface area (TPSA) is 117 Å². The molecule has 1 fully saturated rings. The molecule has 9 heteroatoms. The van der Waals surface area contributed by atoms with Crippen LogP contribution in [0.3, 0.4) is 0 Å². The molecular weight excluding hydrogens is 348 g/mol. The molecule has 0 spiro atoms. The van der Waals surface area contributed by atoms with Gasteiger partial charge in [-0.25, -0.2) is 9.78 Å². The zero-order valence-electron chi connectivity index (χ0n) is 14.7. The Morgan fingerprint density at radius 3 is 2.93 bits per heavy atom. The fourth-order valence-corrected chi connectivity index (χ4v) is 3.13. The van der Waals surface area contributed by atoms with Crippen LogP contribution in [0.15, 0.2) is 46.2 Å². The number of nitrogens with zero attached hydrogens (tertiary/aromatic N) is 4. The lowest BCUT2D eigenvalue weighted by atomic mass is 10.2. The fraction of sp³-hybridized carbons (Fsp3) is 0.278. The Hall–Kier alpha value is -3.49. The predicted octanol–water partition coefficient (Wildman–Crippen LogP) is 0.881.